The molecule has 2 saturated heterocycles. The third-order valence-electron chi connectivity index (χ3n) is 3.18. The monoisotopic (exact) mass is 186 g/mol. The van der Waals surface area contributed by atoms with Crippen LogP contribution in [0, 0.1) is 0 Å². The van der Waals surface area contributed by atoms with E-state index >= 15 is 0 Å². The molecule has 5 heteroatoms. The van der Waals surface area contributed by atoms with Crippen molar-refractivity contribution < 1.29 is 19.7 Å². The predicted molar refractivity (Wildman–Crippen MR) is 48.2 cm³/mol. The molecule has 2 unspecified atom stereocenters. The van der Waals surface area contributed by atoms with Crippen LogP contribution in [0.3, 0.4) is 0 Å². The van der Waals surface area contributed by atoms with Crippen molar-refractivity contribution in [3.8, 4) is 0 Å². The summed E-state index contributed by atoms with van der Waals surface area (Å²) < 4.78 is 11.0. The number of ether oxygens (including phenoxy) is 2. The maximum Gasteiger partial charge on any atom is 0.143 e. The Balaban J connectivity index is 2.18. The Bertz CT molecular complexity index is 193. The van der Waals surface area contributed by atoms with Crippen LogP contribution in [-0.4, -0.2) is 55.1 Å². The summed E-state index contributed by atoms with van der Waals surface area (Å²) in [6.07, 6.45) is 0.623. The van der Waals surface area contributed by atoms with Crippen LogP contribution in [-0.2, 0) is 9.47 Å². The second kappa shape index (κ2) is 3.24. The van der Waals surface area contributed by atoms with E-state index in [0.29, 0.717) is 6.61 Å². The molecule has 0 aromatic rings. The molecule has 2 rings (SSSR count). The van der Waals surface area contributed by atoms with E-state index in [1.807, 2.05) is 7.85 Å². The van der Waals surface area contributed by atoms with E-state index in [1.54, 1.807) is 0 Å². The van der Waals surface area contributed by atoms with E-state index in [9.17, 15) is 5.11 Å². The minimum Gasteiger partial charge on any atom is -0.394 e. The van der Waals surface area contributed by atoms with E-state index in [1.165, 1.54) is 0 Å². The molecule has 2 N–H and O–H groups in total. The average Bonchev–Trinajstić information content (AvgIpc) is 2.69. The Morgan fingerprint density at radius 2 is 2.31 bits per heavy atom. The lowest BCUT2D eigenvalue weighted by molar-refractivity contribution is -0.0761. The van der Waals surface area contributed by atoms with Crippen LogP contribution in [0.5, 0.6) is 0 Å². The second-order valence-corrected chi connectivity index (χ2v) is 3.85. The van der Waals surface area contributed by atoms with Crippen molar-refractivity contribution in [1.82, 2.24) is 0 Å². The summed E-state index contributed by atoms with van der Waals surface area (Å²) in [5.74, 6) is 0. The molecule has 0 aromatic heterocycles. The Morgan fingerprint density at radius 1 is 1.54 bits per heavy atom. The van der Waals surface area contributed by atoms with Crippen molar-refractivity contribution in [2.75, 3.05) is 13.2 Å². The molecule has 0 aromatic carbocycles. The van der Waals surface area contributed by atoms with Crippen LogP contribution in [0.1, 0.15) is 12.8 Å². The van der Waals surface area contributed by atoms with E-state index < -0.39 is 17.8 Å². The molecule has 0 bridgehead atoms. The fourth-order valence-corrected chi connectivity index (χ4v) is 2.39. The molecule has 4 nitrogen and oxygen atoms in total. The quantitative estimate of drug-likeness (QED) is 0.476. The Hall–Kier alpha value is -0.0951. The van der Waals surface area contributed by atoms with Crippen molar-refractivity contribution >= 4 is 7.85 Å². The molecule has 0 aliphatic carbocycles. The number of aliphatic hydroxyl groups is 2. The first-order valence-corrected chi connectivity index (χ1v) is 4.79. The Labute approximate surface area is 78.2 Å². The molecule has 2 aliphatic rings. The molecular formula is C8H15BO4. The van der Waals surface area contributed by atoms with Gasteiger partial charge in [0.25, 0.3) is 0 Å². The van der Waals surface area contributed by atoms with E-state index in [2.05, 4.69) is 0 Å². The second-order valence-electron chi connectivity index (χ2n) is 3.85. The summed E-state index contributed by atoms with van der Waals surface area (Å²) in [5.41, 5.74) is -0.548. The van der Waals surface area contributed by atoms with Gasteiger partial charge in [-0.2, -0.15) is 0 Å². The zero-order valence-corrected chi connectivity index (χ0v) is 7.77. The Morgan fingerprint density at radius 3 is 2.77 bits per heavy atom. The van der Waals surface area contributed by atoms with Gasteiger partial charge in [-0.1, -0.05) is 0 Å². The van der Waals surface area contributed by atoms with Crippen LogP contribution < -0.4 is 0 Å². The zero-order chi connectivity index (χ0) is 9.47. The van der Waals surface area contributed by atoms with Gasteiger partial charge in [-0.25, -0.2) is 0 Å². The summed E-state index contributed by atoms with van der Waals surface area (Å²) in [7, 11) is 1.89. The third-order valence-corrected chi connectivity index (χ3v) is 3.18. The van der Waals surface area contributed by atoms with E-state index in [4.69, 9.17) is 14.6 Å². The van der Waals surface area contributed by atoms with Gasteiger partial charge in [0.2, 0.25) is 0 Å². The highest BCUT2D eigenvalue weighted by Crippen LogP contribution is 2.40. The molecule has 0 amide bonds. The Kier molecular flexibility index (Phi) is 2.36. The SMILES string of the molecule is BC1OC(CO)[C@@H](O)[C@@]12CCCO2. The van der Waals surface area contributed by atoms with Crippen LogP contribution in [0.4, 0.5) is 0 Å². The van der Waals surface area contributed by atoms with Crippen molar-refractivity contribution in [3.63, 3.8) is 0 Å². The number of rotatable bonds is 1. The van der Waals surface area contributed by atoms with Gasteiger partial charge in [0.1, 0.15) is 25.7 Å². The van der Waals surface area contributed by atoms with E-state index in [0.717, 1.165) is 12.8 Å². The fourth-order valence-electron chi connectivity index (χ4n) is 2.39. The van der Waals surface area contributed by atoms with Gasteiger partial charge in [-0.05, 0) is 12.8 Å². The van der Waals surface area contributed by atoms with Crippen molar-refractivity contribution in [2.24, 2.45) is 0 Å². The van der Waals surface area contributed by atoms with Crippen molar-refractivity contribution in [2.45, 2.75) is 36.7 Å². The predicted octanol–water partition coefficient (Wildman–Crippen LogP) is -1.75. The van der Waals surface area contributed by atoms with Gasteiger partial charge in [-0.3, -0.25) is 0 Å². The average molecular weight is 186 g/mol. The van der Waals surface area contributed by atoms with Gasteiger partial charge < -0.3 is 19.7 Å². The lowest BCUT2D eigenvalue weighted by Crippen LogP contribution is -2.48. The zero-order valence-electron chi connectivity index (χ0n) is 7.77. The van der Waals surface area contributed by atoms with Crippen LogP contribution in [0.2, 0.25) is 0 Å². The molecule has 13 heavy (non-hydrogen) atoms. The summed E-state index contributed by atoms with van der Waals surface area (Å²) in [6, 6.07) is -0.123. The topological polar surface area (TPSA) is 58.9 Å². The highest BCUT2D eigenvalue weighted by atomic mass is 16.6. The fraction of sp³-hybridized carbons (Fsp3) is 1.00. The minimum absolute atomic E-state index is 0.123. The van der Waals surface area contributed by atoms with Gasteiger partial charge in [0.15, 0.2) is 0 Å². The molecule has 74 valence electrons. The maximum absolute atomic E-state index is 9.90. The van der Waals surface area contributed by atoms with Crippen LogP contribution >= 0.6 is 0 Å². The van der Waals surface area contributed by atoms with Crippen LogP contribution in [0.25, 0.3) is 0 Å². The molecule has 0 saturated carbocycles. The summed E-state index contributed by atoms with van der Waals surface area (Å²) in [6.45, 7) is 0.541. The van der Waals surface area contributed by atoms with Crippen LogP contribution in [0.15, 0.2) is 0 Å². The molecule has 1 spiro atoms. The molecule has 2 heterocycles. The molecule has 0 radical (unpaired) electrons. The van der Waals surface area contributed by atoms with Gasteiger partial charge in [-0.15, -0.1) is 0 Å². The normalized spacial score (nSPS) is 50.5. The standard InChI is InChI=1S/C8H15BO4/c9-7-8(2-1-3-12-8)6(11)5(4-10)13-7/h5-7,10-11H,1-4,9H2/t5?,6-,7?,8+/m1/s1. The maximum atomic E-state index is 9.90. The lowest BCUT2D eigenvalue weighted by Gasteiger charge is -2.29. The summed E-state index contributed by atoms with van der Waals surface area (Å²) in [5, 5.41) is 18.9. The lowest BCUT2D eigenvalue weighted by atomic mass is 9.78. The van der Waals surface area contributed by atoms with Gasteiger partial charge in [0, 0.05) is 6.61 Å². The molecule has 2 fully saturated rings. The first-order chi connectivity index (χ1) is 6.20. The largest absolute Gasteiger partial charge is 0.394 e. The van der Waals surface area contributed by atoms with Gasteiger partial charge >= 0.3 is 0 Å². The first kappa shape index (κ1) is 9.46. The van der Waals surface area contributed by atoms with E-state index in [-0.39, 0.29) is 12.6 Å². The summed E-state index contributed by atoms with van der Waals surface area (Å²) >= 11 is 0. The number of aliphatic hydroxyl groups excluding tert-OH is 2. The van der Waals surface area contributed by atoms with Crippen molar-refractivity contribution in [3.05, 3.63) is 0 Å². The third kappa shape index (κ3) is 1.22. The molecule has 4 atom stereocenters. The molecule has 2 aliphatic heterocycles. The smallest absolute Gasteiger partial charge is 0.143 e. The number of hydrogen-bond acceptors (Lipinski definition) is 4. The highest BCUT2D eigenvalue weighted by Gasteiger charge is 2.56. The van der Waals surface area contributed by atoms with Crippen molar-refractivity contribution in [1.29, 1.82) is 0 Å². The first-order valence-electron chi connectivity index (χ1n) is 4.79. The highest BCUT2D eigenvalue weighted by molar-refractivity contribution is 6.12. The van der Waals surface area contributed by atoms with Gasteiger partial charge in [0.05, 0.1) is 12.6 Å². The number of hydrogen-bond donors (Lipinski definition) is 2. The summed E-state index contributed by atoms with van der Waals surface area (Å²) in [4.78, 5) is 0. The molecular weight excluding hydrogens is 171 g/mol. The minimum atomic E-state index is -0.685.